The quantitative estimate of drug-likeness (QED) is 0.146. The van der Waals surface area contributed by atoms with Crippen molar-refractivity contribution in [2.45, 2.75) is 161 Å². The summed E-state index contributed by atoms with van der Waals surface area (Å²) in [7, 11) is 0. The van der Waals surface area contributed by atoms with Gasteiger partial charge in [0.25, 0.3) is 0 Å². The highest BCUT2D eigenvalue weighted by Crippen LogP contribution is 2.16. The lowest BCUT2D eigenvalue weighted by Gasteiger charge is -2.23. The molecule has 27 heavy (non-hydrogen) atoms. The highest BCUT2D eigenvalue weighted by molar-refractivity contribution is 4.75. The van der Waals surface area contributed by atoms with Crippen LogP contribution < -0.4 is 11.5 Å². The number of unbranched alkanes of at least 4 members (excludes halogenated alkanes) is 18. The Bertz CT molecular complexity index is 275. The standard InChI is InChI=1S/C25H54N2/c1-3-5-6-7-8-9-10-11-12-13-14-15-16-17-18-19-20-21-22-24-25(26,27)23-4-2/h3-24,26-27H2,1-2H3. The number of hydrogen-bond donors (Lipinski definition) is 2. The minimum Gasteiger partial charge on any atom is -0.313 e. The Morgan fingerprint density at radius 2 is 0.667 bits per heavy atom. The van der Waals surface area contributed by atoms with Crippen molar-refractivity contribution >= 4 is 0 Å². The van der Waals surface area contributed by atoms with Crippen molar-refractivity contribution in [3.05, 3.63) is 0 Å². The van der Waals surface area contributed by atoms with Gasteiger partial charge in [-0.1, -0.05) is 142 Å². The van der Waals surface area contributed by atoms with Crippen LogP contribution in [0.25, 0.3) is 0 Å². The molecule has 0 saturated carbocycles. The molecule has 0 unspecified atom stereocenters. The summed E-state index contributed by atoms with van der Waals surface area (Å²) in [4.78, 5) is 0. The first-order valence-corrected chi connectivity index (χ1v) is 12.7. The van der Waals surface area contributed by atoms with E-state index in [0.29, 0.717) is 0 Å². The lowest BCUT2D eigenvalue weighted by atomic mass is 9.97. The average Bonchev–Trinajstić information content (AvgIpc) is 2.63. The molecule has 0 radical (unpaired) electrons. The first kappa shape index (κ1) is 26.9. The molecule has 0 heterocycles. The largest absolute Gasteiger partial charge is 0.313 e. The average molecular weight is 383 g/mol. The van der Waals surface area contributed by atoms with Gasteiger partial charge in [-0.25, -0.2) is 0 Å². The Balaban J connectivity index is 3.09. The van der Waals surface area contributed by atoms with E-state index < -0.39 is 5.66 Å². The minimum atomic E-state index is -0.413. The Labute approximate surface area is 172 Å². The van der Waals surface area contributed by atoms with Crippen molar-refractivity contribution in [3.8, 4) is 0 Å². The predicted octanol–water partition coefficient (Wildman–Crippen LogP) is 8.22. The van der Waals surface area contributed by atoms with Gasteiger partial charge in [0, 0.05) is 0 Å². The maximum absolute atomic E-state index is 6.08. The topological polar surface area (TPSA) is 52.0 Å². The van der Waals surface area contributed by atoms with Gasteiger partial charge in [-0.05, 0) is 12.8 Å². The van der Waals surface area contributed by atoms with E-state index >= 15 is 0 Å². The van der Waals surface area contributed by atoms with Crippen LogP contribution in [-0.2, 0) is 0 Å². The molecule has 0 aliphatic heterocycles. The lowest BCUT2D eigenvalue weighted by molar-refractivity contribution is 0.357. The van der Waals surface area contributed by atoms with Crippen LogP contribution in [0.3, 0.4) is 0 Å². The molecule has 4 N–H and O–H groups in total. The molecule has 0 spiro atoms. The highest BCUT2D eigenvalue weighted by atomic mass is 14.9. The SMILES string of the molecule is CCCCCCCCCCCCCCCCCCCCCC(N)(N)CCC. The van der Waals surface area contributed by atoms with Gasteiger partial charge in [0.05, 0.1) is 5.66 Å². The maximum Gasteiger partial charge on any atom is 0.0636 e. The second-order valence-corrected chi connectivity index (χ2v) is 9.10. The fraction of sp³-hybridized carbons (Fsp3) is 1.00. The van der Waals surface area contributed by atoms with E-state index in [1.165, 1.54) is 122 Å². The molecule has 0 aliphatic carbocycles. The van der Waals surface area contributed by atoms with Gasteiger partial charge < -0.3 is 11.5 Å². The van der Waals surface area contributed by atoms with Gasteiger partial charge in [0.1, 0.15) is 0 Å². The minimum absolute atomic E-state index is 0.413. The number of nitrogens with two attached hydrogens (primary N) is 2. The molecule has 0 aliphatic rings. The van der Waals surface area contributed by atoms with Crippen molar-refractivity contribution in [3.63, 3.8) is 0 Å². The smallest absolute Gasteiger partial charge is 0.0636 e. The molecule has 0 rings (SSSR count). The van der Waals surface area contributed by atoms with E-state index in [9.17, 15) is 0 Å². The number of rotatable bonds is 22. The molecule has 0 saturated heterocycles. The van der Waals surface area contributed by atoms with Crippen molar-refractivity contribution in [2.75, 3.05) is 0 Å². The molecule has 0 atom stereocenters. The van der Waals surface area contributed by atoms with E-state index in [4.69, 9.17) is 11.5 Å². The summed E-state index contributed by atoms with van der Waals surface area (Å²) in [5, 5.41) is 0. The Morgan fingerprint density at radius 3 is 0.963 bits per heavy atom. The van der Waals surface area contributed by atoms with Crippen molar-refractivity contribution < 1.29 is 0 Å². The van der Waals surface area contributed by atoms with Gasteiger partial charge in [-0.2, -0.15) is 0 Å². The van der Waals surface area contributed by atoms with Gasteiger partial charge in [0.15, 0.2) is 0 Å². The van der Waals surface area contributed by atoms with Crippen LogP contribution in [0.15, 0.2) is 0 Å². The monoisotopic (exact) mass is 382 g/mol. The van der Waals surface area contributed by atoms with Crippen molar-refractivity contribution in [1.82, 2.24) is 0 Å². The molecule has 0 amide bonds. The fourth-order valence-corrected chi connectivity index (χ4v) is 4.12. The predicted molar refractivity (Wildman–Crippen MR) is 124 cm³/mol. The third-order valence-electron chi connectivity index (χ3n) is 5.96. The highest BCUT2D eigenvalue weighted by Gasteiger charge is 2.16. The summed E-state index contributed by atoms with van der Waals surface area (Å²) in [6.45, 7) is 4.45. The second kappa shape index (κ2) is 20.6. The van der Waals surface area contributed by atoms with E-state index in [1.807, 2.05) is 0 Å². The molecular formula is C25H54N2. The maximum atomic E-state index is 6.08. The van der Waals surface area contributed by atoms with Gasteiger partial charge in [-0.15, -0.1) is 0 Å². The zero-order chi connectivity index (χ0) is 20.1. The molecule has 0 bridgehead atoms. The van der Waals surface area contributed by atoms with E-state index in [0.717, 1.165) is 19.3 Å². The van der Waals surface area contributed by atoms with Crippen LogP contribution >= 0.6 is 0 Å². The summed E-state index contributed by atoms with van der Waals surface area (Å²) >= 11 is 0. The Morgan fingerprint density at radius 1 is 0.370 bits per heavy atom. The molecule has 0 aromatic rings. The van der Waals surface area contributed by atoms with Crippen LogP contribution in [0.1, 0.15) is 155 Å². The fourth-order valence-electron chi connectivity index (χ4n) is 4.12. The zero-order valence-corrected chi connectivity index (χ0v) is 19.2. The van der Waals surface area contributed by atoms with Crippen molar-refractivity contribution in [2.24, 2.45) is 11.5 Å². The normalized spacial score (nSPS) is 12.0. The molecular weight excluding hydrogens is 328 g/mol. The second-order valence-electron chi connectivity index (χ2n) is 9.10. The van der Waals surface area contributed by atoms with Crippen LogP contribution in [0.2, 0.25) is 0 Å². The number of hydrogen-bond acceptors (Lipinski definition) is 2. The van der Waals surface area contributed by atoms with Crippen molar-refractivity contribution in [1.29, 1.82) is 0 Å². The molecule has 2 nitrogen and oxygen atoms in total. The zero-order valence-electron chi connectivity index (χ0n) is 19.2. The van der Waals surface area contributed by atoms with Gasteiger partial charge in [0.2, 0.25) is 0 Å². The Kier molecular flexibility index (Phi) is 20.6. The molecule has 164 valence electrons. The van der Waals surface area contributed by atoms with Crippen LogP contribution in [0, 0.1) is 0 Å². The van der Waals surface area contributed by atoms with E-state index in [2.05, 4.69) is 13.8 Å². The van der Waals surface area contributed by atoms with Gasteiger partial charge in [-0.3, -0.25) is 0 Å². The van der Waals surface area contributed by atoms with Crippen LogP contribution in [-0.4, -0.2) is 5.66 Å². The molecule has 0 aromatic carbocycles. The molecule has 0 fully saturated rings. The first-order valence-electron chi connectivity index (χ1n) is 12.7. The summed E-state index contributed by atoms with van der Waals surface area (Å²) in [6, 6.07) is 0. The summed E-state index contributed by atoms with van der Waals surface area (Å²) in [5.74, 6) is 0. The summed E-state index contributed by atoms with van der Waals surface area (Å²) < 4.78 is 0. The third kappa shape index (κ3) is 22.1. The van der Waals surface area contributed by atoms with E-state index in [1.54, 1.807) is 0 Å². The van der Waals surface area contributed by atoms with Crippen LogP contribution in [0.4, 0.5) is 0 Å². The lowest BCUT2D eigenvalue weighted by Crippen LogP contribution is -2.48. The third-order valence-corrected chi connectivity index (χ3v) is 5.96. The Hall–Kier alpha value is -0.0800. The van der Waals surface area contributed by atoms with Crippen LogP contribution in [0.5, 0.6) is 0 Å². The summed E-state index contributed by atoms with van der Waals surface area (Å²) in [6.07, 6.45) is 30.0. The van der Waals surface area contributed by atoms with E-state index in [-0.39, 0.29) is 0 Å². The van der Waals surface area contributed by atoms with Gasteiger partial charge >= 0.3 is 0 Å². The first-order chi connectivity index (χ1) is 13.1. The molecule has 0 aromatic heterocycles. The summed E-state index contributed by atoms with van der Waals surface area (Å²) in [5.41, 5.74) is 11.7. The molecule has 2 heteroatoms.